The molecule has 1 aliphatic rings. The van der Waals surface area contributed by atoms with Crippen molar-refractivity contribution in [1.29, 1.82) is 0 Å². The fourth-order valence-electron chi connectivity index (χ4n) is 1.78. The number of hydrogen-bond acceptors (Lipinski definition) is 3. The molecule has 1 amide bonds. The molecule has 1 N–H and O–H groups in total. The van der Waals surface area contributed by atoms with Crippen LogP contribution >= 0.6 is 15.9 Å². The van der Waals surface area contributed by atoms with Gasteiger partial charge in [-0.1, -0.05) is 22.0 Å². The number of amides is 1. The number of benzene rings is 1. The number of aryl methyl sites for hydroxylation is 1. The zero-order valence-electron chi connectivity index (χ0n) is 10.0. The summed E-state index contributed by atoms with van der Waals surface area (Å²) >= 11 is 3.37. The third-order valence-corrected chi connectivity index (χ3v) is 3.76. The molecule has 4 nitrogen and oxygen atoms in total. The van der Waals surface area contributed by atoms with Gasteiger partial charge >= 0.3 is 5.97 Å². The fraction of sp³-hybridized carbons (Fsp3) is 0.385. The first-order chi connectivity index (χ1) is 8.56. The highest BCUT2D eigenvalue weighted by Crippen LogP contribution is 2.18. The summed E-state index contributed by atoms with van der Waals surface area (Å²) in [6.45, 7) is 2.18. The van der Waals surface area contributed by atoms with Crippen molar-refractivity contribution in [1.82, 2.24) is 5.32 Å². The molecule has 2 rings (SSSR count). The lowest BCUT2D eigenvalue weighted by molar-refractivity contribution is -0.119. The number of hydrogen-bond donors (Lipinski definition) is 1. The van der Waals surface area contributed by atoms with Gasteiger partial charge in [0.25, 0.3) is 0 Å². The first-order valence-corrected chi connectivity index (χ1v) is 6.58. The summed E-state index contributed by atoms with van der Waals surface area (Å²) in [4.78, 5) is 22.8. The molecule has 1 aromatic carbocycles. The second-order valence-corrected chi connectivity index (χ2v) is 5.22. The maximum Gasteiger partial charge on any atom is 0.338 e. The molecule has 0 spiro atoms. The van der Waals surface area contributed by atoms with E-state index in [9.17, 15) is 9.59 Å². The molecule has 96 valence electrons. The van der Waals surface area contributed by atoms with Crippen molar-refractivity contribution in [2.75, 3.05) is 6.61 Å². The minimum Gasteiger partial charge on any atom is -0.460 e. The summed E-state index contributed by atoms with van der Waals surface area (Å²) in [6.07, 6.45) is 1.24. The number of halogens is 1. The topological polar surface area (TPSA) is 55.4 Å². The van der Waals surface area contributed by atoms with E-state index in [1.54, 1.807) is 12.1 Å². The maximum absolute atomic E-state index is 11.8. The van der Waals surface area contributed by atoms with Crippen LogP contribution in [0.3, 0.4) is 0 Å². The van der Waals surface area contributed by atoms with Crippen molar-refractivity contribution in [3.05, 3.63) is 33.8 Å². The van der Waals surface area contributed by atoms with Crippen molar-refractivity contribution in [2.45, 2.75) is 25.8 Å². The van der Waals surface area contributed by atoms with E-state index >= 15 is 0 Å². The average molecular weight is 312 g/mol. The quantitative estimate of drug-likeness (QED) is 0.871. The number of carbonyl (C=O) groups excluding carboxylic acids is 2. The van der Waals surface area contributed by atoms with Crippen LogP contribution in [0.15, 0.2) is 22.7 Å². The Kier molecular flexibility index (Phi) is 4.01. The number of nitrogens with one attached hydrogen (secondary N) is 1. The molecule has 5 heteroatoms. The van der Waals surface area contributed by atoms with E-state index in [-0.39, 0.29) is 24.5 Å². The Bertz CT molecular complexity index is 487. The summed E-state index contributed by atoms with van der Waals surface area (Å²) in [7, 11) is 0. The standard InChI is InChI=1S/C13H14BrNO3/c1-8-2-3-9(6-11(8)14)13(17)18-7-10-4-5-12(16)15-10/h2-3,6,10H,4-5,7H2,1H3,(H,15,16)/t10-/m1/s1. The van der Waals surface area contributed by atoms with Crippen LogP contribution < -0.4 is 5.32 Å². The van der Waals surface area contributed by atoms with Crippen LogP contribution in [0.2, 0.25) is 0 Å². The van der Waals surface area contributed by atoms with Gasteiger partial charge in [0.1, 0.15) is 6.61 Å². The SMILES string of the molecule is Cc1ccc(C(=O)OC[C@H]2CCC(=O)N2)cc1Br. The Morgan fingerprint density at radius 1 is 1.56 bits per heavy atom. The van der Waals surface area contributed by atoms with Crippen LogP contribution in [0, 0.1) is 6.92 Å². The van der Waals surface area contributed by atoms with Crippen molar-refractivity contribution >= 4 is 27.8 Å². The third-order valence-electron chi connectivity index (χ3n) is 2.91. The highest BCUT2D eigenvalue weighted by molar-refractivity contribution is 9.10. The molecule has 0 bridgehead atoms. The van der Waals surface area contributed by atoms with Gasteiger partial charge in [-0.25, -0.2) is 4.79 Å². The van der Waals surface area contributed by atoms with Crippen molar-refractivity contribution in [3.63, 3.8) is 0 Å². The second kappa shape index (κ2) is 5.52. The summed E-state index contributed by atoms with van der Waals surface area (Å²) in [5.74, 6) is -0.342. The zero-order chi connectivity index (χ0) is 13.1. The lowest BCUT2D eigenvalue weighted by atomic mass is 10.1. The molecule has 1 heterocycles. The molecule has 0 aliphatic carbocycles. The minimum absolute atomic E-state index is 0.0223. The Hall–Kier alpha value is -1.36. The van der Waals surface area contributed by atoms with Crippen molar-refractivity contribution < 1.29 is 14.3 Å². The zero-order valence-corrected chi connectivity index (χ0v) is 11.6. The number of carbonyl (C=O) groups is 2. The molecule has 1 saturated heterocycles. The molecular weight excluding hydrogens is 298 g/mol. The van der Waals surface area contributed by atoms with Crippen LogP contribution in [-0.2, 0) is 9.53 Å². The van der Waals surface area contributed by atoms with E-state index < -0.39 is 0 Å². The van der Waals surface area contributed by atoms with Crippen LogP contribution in [0.5, 0.6) is 0 Å². The summed E-state index contributed by atoms with van der Waals surface area (Å²) in [5, 5.41) is 2.76. The Morgan fingerprint density at radius 3 is 2.94 bits per heavy atom. The van der Waals surface area contributed by atoms with E-state index in [1.807, 2.05) is 13.0 Å². The van der Waals surface area contributed by atoms with Crippen molar-refractivity contribution in [2.24, 2.45) is 0 Å². The molecule has 1 fully saturated rings. The van der Waals surface area contributed by atoms with Crippen LogP contribution in [0.25, 0.3) is 0 Å². The van der Waals surface area contributed by atoms with Gasteiger partial charge < -0.3 is 10.1 Å². The van der Waals surface area contributed by atoms with Gasteiger partial charge in [0.2, 0.25) is 5.91 Å². The minimum atomic E-state index is -0.364. The monoisotopic (exact) mass is 311 g/mol. The summed E-state index contributed by atoms with van der Waals surface area (Å²) in [5.41, 5.74) is 1.58. The number of rotatable bonds is 3. The van der Waals surface area contributed by atoms with Gasteiger partial charge in [-0.05, 0) is 31.0 Å². The molecule has 0 radical (unpaired) electrons. The fourth-order valence-corrected chi connectivity index (χ4v) is 2.16. The van der Waals surface area contributed by atoms with Crippen molar-refractivity contribution in [3.8, 4) is 0 Å². The van der Waals surface area contributed by atoms with Crippen LogP contribution in [0.1, 0.15) is 28.8 Å². The van der Waals surface area contributed by atoms with Gasteiger partial charge in [0, 0.05) is 10.9 Å². The van der Waals surface area contributed by atoms with E-state index in [4.69, 9.17) is 4.74 Å². The van der Waals surface area contributed by atoms with Gasteiger partial charge in [-0.15, -0.1) is 0 Å². The molecule has 0 unspecified atom stereocenters. The second-order valence-electron chi connectivity index (χ2n) is 4.37. The van der Waals surface area contributed by atoms with E-state index in [0.717, 1.165) is 16.5 Å². The maximum atomic E-state index is 11.8. The number of ether oxygens (including phenoxy) is 1. The first kappa shape index (κ1) is 13.1. The van der Waals surface area contributed by atoms with Crippen LogP contribution in [0.4, 0.5) is 0 Å². The molecule has 0 saturated carbocycles. The van der Waals surface area contributed by atoms with Gasteiger partial charge in [-0.3, -0.25) is 4.79 Å². The lowest BCUT2D eigenvalue weighted by Crippen LogP contribution is -2.30. The summed E-state index contributed by atoms with van der Waals surface area (Å²) in [6, 6.07) is 5.29. The Morgan fingerprint density at radius 2 is 2.33 bits per heavy atom. The molecule has 0 aromatic heterocycles. The predicted molar refractivity (Wildman–Crippen MR) is 70.3 cm³/mol. The van der Waals surface area contributed by atoms with Gasteiger partial charge in [-0.2, -0.15) is 0 Å². The average Bonchev–Trinajstić information content (AvgIpc) is 2.75. The van der Waals surface area contributed by atoms with E-state index in [2.05, 4.69) is 21.2 Å². The molecule has 1 aliphatic heterocycles. The highest BCUT2D eigenvalue weighted by atomic mass is 79.9. The van der Waals surface area contributed by atoms with E-state index in [1.165, 1.54) is 0 Å². The molecule has 1 aromatic rings. The highest BCUT2D eigenvalue weighted by Gasteiger charge is 2.22. The largest absolute Gasteiger partial charge is 0.460 e. The predicted octanol–water partition coefficient (Wildman–Crippen LogP) is 2.19. The summed E-state index contributed by atoms with van der Waals surface area (Å²) < 4.78 is 6.06. The molecule has 18 heavy (non-hydrogen) atoms. The third kappa shape index (κ3) is 3.10. The molecular formula is C13H14BrNO3. The van der Waals surface area contributed by atoms with Gasteiger partial charge in [0.05, 0.1) is 11.6 Å². The molecule has 1 atom stereocenters. The Labute approximate surface area is 114 Å². The van der Waals surface area contributed by atoms with Crippen LogP contribution in [-0.4, -0.2) is 24.5 Å². The Balaban J connectivity index is 1.91. The number of esters is 1. The first-order valence-electron chi connectivity index (χ1n) is 5.79. The lowest BCUT2D eigenvalue weighted by Gasteiger charge is -2.11. The normalized spacial score (nSPS) is 18.6. The smallest absolute Gasteiger partial charge is 0.338 e. The van der Waals surface area contributed by atoms with E-state index in [0.29, 0.717) is 12.0 Å². The van der Waals surface area contributed by atoms with Gasteiger partial charge in [0.15, 0.2) is 0 Å².